The highest BCUT2D eigenvalue weighted by molar-refractivity contribution is 7.07. The summed E-state index contributed by atoms with van der Waals surface area (Å²) in [6.45, 7) is 5.96. The van der Waals surface area contributed by atoms with Crippen LogP contribution in [0.15, 0.2) is 131 Å². The second-order valence-corrected chi connectivity index (χ2v) is 12.6. The van der Waals surface area contributed by atoms with Gasteiger partial charge in [0.2, 0.25) is 0 Å². The van der Waals surface area contributed by atoms with Crippen molar-refractivity contribution in [2.45, 2.75) is 26.8 Å². The number of hydrogen-bond donors (Lipinski definition) is 0. The number of carbonyl (C=O) groups excluding carboxylic acids is 1. The molecule has 0 spiro atoms. The van der Waals surface area contributed by atoms with Crippen molar-refractivity contribution in [1.29, 1.82) is 0 Å². The second-order valence-electron chi connectivity index (χ2n) is 11.6. The quantitative estimate of drug-likeness (QED) is 0.172. The highest BCUT2D eigenvalue weighted by atomic mass is 32.1. The number of fused-ring (bicyclic) bond motifs is 1. The summed E-state index contributed by atoms with van der Waals surface area (Å²) in [5, 5.41) is 0. The van der Waals surface area contributed by atoms with Gasteiger partial charge in [0, 0.05) is 22.6 Å². The number of benzene rings is 4. The van der Waals surface area contributed by atoms with Crippen LogP contribution < -0.4 is 14.9 Å². The zero-order chi connectivity index (χ0) is 33.4. The summed E-state index contributed by atoms with van der Waals surface area (Å²) in [6, 6.07) is 35.1. The average molecular weight is 654 g/mol. The van der Waals surface area contributed by atoms with Crippen LogP contribution >= 0.6 is 11.3 Å². The van der Waals surface area contributed by atoms with Gasteiger partial charge in [-0.2, -0.15) is 0 Å². The number of thiazole rings is 1. The number of aryl methyl sites for hydroxylation is 1. The molecule has 1 unspecified atom stereocenters. The SMILES string of the molecule is CCOC(=O)C1=C(c2ccccc2)N=c2sc(=Cc3cc(C)n(-c4ccc(-c5ccccc5)cc4)c3C)c(=O)n2C1c1ccc(F)cc1. The van der Waals surface area contributed by atoms with E-state index in [1.54, 1.807) is 19.1 Å². The molecule has 0 aliphatic carbocycles. The molecule has 4 aromatic carbocycles. The Morgan fingerprint density at radius 3 is 2.15 bits per heavy atom. The lowest BCUT2D eigenvalue weighted by Crippen LogP contribution is -2.40. The number of esters is 1. The van der Waals surface area contributed by atoms with Gasteiger partial charge in [0.05, 0.1) is 28.5 Å². The number of rotatable bonds is 7. The van der Waals surface area contributed by atoms with Gasteiger partial charge in [-0.25, -0.2) is 14.2 Å². The first kappa shape index (κ1) is 31.0. The fourth-order valence-corrected chi connectivity index (χ4v) is 7.30. The van der Waals surface area contributed by atoms with Crippen LogP contribution in [0.1, 0.15) is 41.0 Å². The Bertz CT molecular complexity index is 2350. The van der Waals surface area contributed by atoms with Crippen LogP contribution in [0.25, 0.3) is 28.6 Å². The molecule has 0 radical (unpaired) electrons. The molecule has 1 aliphatic rings. The van der Waals surface area contributed by atoms with Crippen molar-refractivity contribution < 1.29 is 13.9 Å². The van der Waals surface area contributed by atoms with Gasteiger partial charge in [0.25, 0.3) is 5.56 Å². The maximum Gasteiger partial charge on any atom is 0.338 e. The van der Waals surface area contributed by atoms with Crippen LogP contribution in [-0.4, -0.2) is 21.7 Å². The number of aromatic nitrogens is 2. The lowest BCUT2D eigenvalue weighted by atomic mass is 9.93. The van der Waals surface area contributed by atoms with E-state index < -0.39 is 17.8 Å². The maximum absolute atomic E-state index is 14.3. The number of hydrogen-bond acceptors (Lipinski definition) is 5. The molecule has 0 amide bonds. The summed E-state index contributed by atoms with van der Waals surface area (Å²) in [4.78, 5) is 33.3. The number of halogens is 1. The van der Waals surface area contributed by atoms with Crippen LogP contribution in [0.3, 0.4) is 0 Å². The molecule has 7 rings (SSSR count). The van der Waals surface area contributed by atoms with Gasteiger partial charge < -0.3 is 9.30 Å². The van der Waals surface area contributed by atoms with E-state index in [1.807, 2.05) is 68.5 Å². The Labute approximate surface area is 281 Å². The van der Waals surface area contributed by atoms with Crippen LogP contribution in [0.5, 0.6) is 0 Å². The standard InChI is InChI=1S/C40H32FN3O3S/c1-4-47-39(46)35-36(29-13-9-6-10-14-29)42-40-44(37(35)30-15-19-32(41)20-16-30)38(45)34(48-40)24-31-23-25(2)43(26(31)3)33-21-17-28(18-22-33)27-11-7-5-8-12-27/h5-24,37H,4H2,1-3H3. The van der Waals surface area contributed by atoms with Crippen LogP contribution in [0, 0.1) is 19.7 Å². The Balaban J connectivity index is 1.38. The molecule has 0 N–H and O–H groups in total. The number of ether oxygens (including phenoxy) is 1. The summed E-state index contributed by atoms with van der Waals surface area (Å²) >= 11 is 1.26. The molecule has 1 aliphatic heterocycles. The van der Waals surface area contributed by atoms with Gasteiger partial charge in [-0.05, 0) is 79.4 Å². The third-order valence-electron chi connectivity index (χ3n) is 8.55. The molecule has 6 aromatic rings. The molecule has 0 bridgehead atoms. The van der Waals surface area contributed by atoms with Crippen molar-refractivity contribution in [1.82, 2.24) is 9.13 Å². The Morgan fingerprint density at radius 2 is 1.50 bits per heavy atom. The van der Waals surface area contributed by atoms with E-state index in [4.69, 9.17) is 9.73 Å². The Morgan fingerprint density at radius 1 is 0.875 bits per heavy atom. The summed E-state index contributed by atoms with van der Waals surface area (Å²) < 4.78 is 23.8. The lowest BCUT2D eigenvalue weighted by Gasteiger charge is -2.25. The molecule has 2 aromatic heterocycles. The molecular formula is C40H32FN3O3S. The third kappa shape index (κ3) is 5.65. The molecule has 238 valence electrons. The number of carbonyl (C=O) groups is 1. The first-order valence-electron chi connectivity index (χ1n) is 15.7. The summed E-state index contributed by atoms with van der Waals surface area (Å²) in [5.74, 6) is -0.994. The van der Waals surface area contributed by atoms with Crippen molar-refractivity contribution >= 4 is 29.1 Å². The second kappa shape index (κ2) is 12.9. The van der Waals surface area contributed by atoms with Gasteiger partial charge in [-0.3, -0.25) is 9.36 Å². The fraction of sp³-hybridized carbons (Fsp3) is 0.125. The highest BCUT2D eigenvalue weighted by Gasteiger charge is 2.35. The molecule has 8 heteroatoms. The third-order valence-corrected chi connectivity index (χ3v) is 9.53. The maximum atomic E-state index is 14.3. The molecule has 48 heavy (non-hydrogen) atoms. The van der Waals surface area contributed by atoms with Gasteiger partial charge >= 0.3 is 5.97 Å². The summed E-state index contributed by atoms with van der Waals surface area (Å²) in [5.41, 5.74) is 7.87. The Hall–Kier alpha value is -5.60. The minimum atomic E-state index is -0.867. The minimum Gasteiger partial charge on any atom is -0.463 e. The molecule has 3 heterocycles. The van der Waals surface area contributed by atoms with Gasteiger partial charge in [-0.15, -0.1) is 0 Å². The van der Waals surface area contributed by atoms with Crippen LogP contribution in [0.4, 0.5) is 4.39 Å². The van der Waals surface area contributed by atoms with Gasteiger partial charge in [0.15, 0.2) is 4.80 Å². The summed E-state index contributed by atoms with van der Waals surface area (Å²) in [6.07, 6.45) is 1.89. The monoisotopic (exact) mass is 653 g/mol. The Kier molecular flexibility index (Phi) is 8.33. The van der Waals surface area contributed by atoms with Gasteiger partial charge in [0.1, 0.15) is 5.82 Å². The molecule has 0 saturated heterocycles. The fourth-order valence-electron chi connectivity index (χ4n) is 6.31. The van der Waals surface area contributed by atoms with E-state index in [0.717, 1.165) is 33.8 Å². The minimum absolute atomic E-state index is 0.148. The average Bonchev–Trinajstić information content (AvgIpc) is 3.58. The predicted octanol–water partition coefficient (Wildman–Crippen LogP) is 7.15. The molecular weight excluding hydrogens is 622 g/mol. The molecule has 0 saturated carbocycles. The molecule has 1 atom stereocenters. The summed E-state index contributed by atoms with van der Waals surface area (Å²) in [7, 11) is 0. The van der Waals surface area contributed by atoms with Crippen LogP contribution in [0.2, 0.25) is 0 Å². The van der Waals surface area contributed by atoms with Crippen molar-refractivity contribution in [3.05, 3.63) is 174 Å². The van der Waals surface area contributed by atoms with Crippen molar-refractivity contribution in [3.8, 4) is 16.8 Å². The number of nitrogens with zero attached hydrogens (tertiary/aromatic N) is 3. The van der Waals surface area contributed by atoms with E-state index in [2.05, 4.69) is 47.0 Å². The molecule has 6 nitrogen and oxygen atoms in total. The smallest absolute Gasteiger partial charge is 0.338 e. The first-order chi connectivity index (χ1) is 23.3. The zero-order valence-corrected chi connectivity index (χ0v) is 27.5. The highest BCUT2D eigenvalue weighted by Crippen LogP contribution is 2.35. The van der Waals surface area contributed by atoms with E-state index in [1.165, 1.54) is 28.0 Å². The molecule has 0 fully saturated rings. The van der Waals surface area contributed by atoms with Crippen molar-refractivity contribution in [3.63, 3.8) is 0 Å². The topological polar surface area (TPSA) is 65.6 Å². The van der Waals surface area contributed by atoms with E-state index >= 15 is 0 Å². The van der Waals surface area contributed by atoms with E-state index in [-0.39, 0.29) is 17.7 Å². The van der Waals surface area contributed by atoms with Crippen LogP contribution in [-0.2, 0) is 9.53 Å². The van der Waals surface area contributed by atoms with Crippen molar-refractivity contribution in [2.75, 3.05) is 6.61 Å². The van der Waals surface area contributed by atoms with E-state index in [0.29, 0.717) is 26.2 Å². The first-order valence-corrected chi connectivity index (χ1v) is 16.5. The van der Waals surface area contributed by atoms with Gasteiger partial charge in [-0.1, -0.05) is 96.3 Å². The zero-order valence-electron chi connectivity index (χ0n) is 26.7. The van der Waals surface area contributed by atoms with E-state index in [9.17, 15) is 14.0 Å². The normalized spacial score (nSPS) is 14.5. The predicted molar refractivity (Wildman–Crippen MR) is 188 cm³/mol. The van der Waals surface area contributed by atoms with Crippen molar-refractivity contribution in [2.24, 2.45) is 4.99 Å². The largest absolute Gasteiger partial charge is 0.463 e. The lowest BCUT2D eigenvalue weighted by molar-refractivity contribution is -0.138.